The predicted octanol–water partition coefficient (Wildman–Crippen LogP) is 4.63. The minimum atomic E-state index is 0.849. The zero-order chi connectivity index (χ0) is 13.2. The summed E-state index contributed by atoms with van der Waals surface area (Å²) in [5.41, 5.74) is 5.44. The third-order valence-electron chi connectivity index (χ3n) is 3.25. The van der Waals surface area contributed by atoms with Crippen molar-refractivity contribution in [2.24, 2.45) is 0 Å². The number of aromatic nitrogens is 1. The van der Waals surface area contributed by atoms with Crippen molar-refractivity contribution in [3.05, 3.63) is 65.9 Å². The van der Waals surface area contributed by atoms with E-state index in [9.17, 15) is 0 Å². The Morgan fingerprint density at radius 2 is 1.47 bits per heavy atom. The molecule has 0 aliphatic heterocycles. The lowest BCUT2D eigenvalue weighted by Gasteiger charge is -2.03. The summed E-state index contributed by atoms with van der Waals surface area (Å²) in [5, 5.41) is 4.22. The maximum Gasteiger partial charge on any atom is 0.142 e. The Morgan fingerprint density at radius 3 is 2.16 bits per heavy atom. The van der Waals surface area contributed by atoms with Crippen LogP contribution < -0.4 is 0 Å². The van der Waals surface area contributed by atoms with E-state index in [4.69, 9.17) is 4.52 Å². The molecule has 2 heteroatoms. The van der Waals surface area contributed by atoms with Gasteiger partial charge in [-0.1, -0.05) is 65.3 Å². The summed E-state index contributed by atoms with van der Waals surface area (Å²) < 4.78 is 5.38. The van der Waals surface area contributed by atoms with Crippen molar-refractivity contribution in [3.8, 4) is 22.4 Å². The summed E-state index contributed by atoms with van der Waals surface area (Å²) in [6.07, 6.45) is 0. The molecule has 19 heavy (non-hydrogen) atoms. The smallest absolute Gasteiger partial charge is 0.142 e. The Morgan fingerprint density at radius 1 is 0.789 bits per heavy atom. The molecule has 0 aliphatic carbocycles. The van der Waals surface area contributed by atoms with Crippen LogP contribution in [0.2, 0.25) is 0 Å². The number of aryl methyl sites for hydroxylation is 2. The average Bonchev–Trinajstić information content (AvgIpc) is 2.82. The molecule has 94 valence electrons. The van der Waals surface area contributed by atoms with E-state index in [1.54, 1.807) is 0 Å². The molecule has 0 spiro atoms. The highest BCUT2D eigenvalue weighted by atomic mass is 16.5. The Bertz CT molecular complexity index is 681. The number of hydrogen-bond donors (Lipinski definition) is 0. The molecule has 0 fully saturated rings. The lowest BCUT2D eigenvalue weighted by Crippen LogP contribution is -1.84. The maximum absolute atomic E-state index is 5.38. The standard InChI is InChI=1S/C17H15NO/c1-12-8-10-15(11-9-12)17-16(13(2)19-18-17)14-6-4-3-5-7-14/h3-11H,1-2H3. The molecule has 0 saturated carbocycles. The van der Waals surface area contributed by atoms with Crippen molar-refractivity contribution in [3.63, 3.8) is 0 Å². The Labute approximate surface area is 112 Å². The Hall–Kier alpha value is -2.35. The van der Waals surface area contributed by atoms with Crippen molar-refractivity contribution in [2.45, 2.75) is 13.8 Å². The molecule has 3 rings (SSSR count). The molecule has 0 N–H and O–H groups in total. The lowest BCUT2D eigenvalue weighted by atomic mass is 9.99. The van der Waals surface area contributed by atoms with Gasteiger partial charge in [-0.2, -0.15) is 0 Å². The molecule has 2 aromatic carbocycles. The fourth-order valence-corrected chi connectivity index (χ4v) is 2.23. The fourth-order valence-electron chi connectivity index (χ4n) is 2.23. The number of rotatable bonds is 2. The summed E-state index contributed by atoms with van der Waals surface area (Å²) in [6.45, 7) is 4.03. The maximum atomic E-state index is 5.38. The lowest BCUT2D eigenvalue weighted by molar-refractivity contribution is 0.400. The highest BCUT2D eigenvalue weighted by molar-refractivity contribution is 5.81. The molecule has 0 amide bonds. The second kappa shape index (κ2) is 4.73. The van der Waals surface area contributed by atoms with Crippen molar-refractivity contribution >= 4 is 0 Å². The van der Waals surface area contributed by atoms with Crippen LogP contribution in [0.25, 0.3) is 22.4 Å². The molecule has 0 unspecified atom stereocenters. The highest BCUT2D eigenvalue weighted by Gasteiger charge is 2.15. The van der Waals surface area contributed by atoms with Gasteiger partial charge in [-0.15, -0.1) is 0 Å². The van der Waals surface area contributed by atoms with Gasteiger partial charge in [0, 0.05) is 5.56 Å². The zero-order valence-electron chi connectivity index (χ0n) is 11.1. The Kier molecular flexibility index (Phi) is 2.92. The number of benzene rings is 2. The summed E-state index contributed by atoms with van der Waals surface area (Å²) >= 11 is 0. The van der Waals surface area contributed by atoms with E-state index >= 15 is 0 Å². The monoisotopic (exact) mass is 249 g/mol. The van der Waals surface area contributed by atoms with Crippen LogP contribution >= 0.6 is 0 Å². The highest BCUT2D eigenvalue weighted by Crippen LogP contribution is 2.33. The van der Waals surface area contributed by atoms with Crippen molar-refractivity contribution in [1.29, 1.82) is 0 Å². The van der Waals surface area contributed by atoms with Gasteiger partial charge in [-0.05, 0) is 19.4 Å². The van der Waals surface area contributed by atoms with Gasteiger partial charge >= 0.3 is 0 Å². The second-order valence-electron chi connectivity index (χ2n) is 4.69. The van der Waals surface area contributed by atoms with Crippen molar-refractivity contribution < 1.29 is 4.52 Å². The first-order chi connectivity index (χ1) is 9.25. The summed E-state index contributed by atoms with van der Waals surface area (Å²) in [4.78, 5) is 0. The average molecular weight is 249 g/mol. The van der Waals surface area contributed by atoms with Crippen LogP contribution in [0.15, 0.2) is 59.1 Å². The normalized spacial score (nSPS) is 10.6. The molecule has 2 nitrogen and oxygen atoms in total. The molecule has 1 aromatic heterocycles. The van der Waals surface area contributed by atoms with Gasteiger partial charge in [0.1, 0.15) is 11.5 Å². The third-order valence-corrected chi connectivity index (χ3v) is 3.25. The molecule has 1 heterocycles. The molecule has 0 radical (unpaired) electrons. The van der Waals surface area contributed by atoms with Gasteiger partial charge < -0.3 is 4.52 Å². The van der Waals surface area contributed by atoms with Gasteiger partial charge in [0.25, 0.3) is 0 Å². The van der Waals surface area contributed by atoms with Crippen LogP contribution in [0.4, 0.5) is 0 Å². The van der Waals surface area contributed by atoms with E-state index in [-0.39, 0.29) is 0 Å². The van der Waals surface area contributed by atoms with Crippen LogP contribution in [0.3, 0.4) is 0 Å². The Balaban J connectivity index is 2.16. The van der Waals surface area contributed by atoms with Crippen LogP contribution in [0, 0.1) is 13.8 Å². The van der Waals surface area contributed by atoms with Gasteiger partial charge in [-0.3, -0.25) is 0 Å². The molecular formula is C17H15NO. The van der Waals surface area contributed by atoms with E-state index in [0.29, 0.717) is 0 Å². The SMILES string of the molecule is Cc1ccc(-c2noc(C)c2-c2ccccc2)cc1. The molecule has 0 bridgehead atoms. The predicted molar refractivity (Wildman–Crippen MR) is 76.8 cm³/mol. The van der Waals surface area contributed by atoms with Crippen molar-refractivity contribution in [1.82, 2.24) is 5.16 Å². The largest absolute Gasteiger partial charge is 0.360 e. The molecular weight excluding hydrogens is 234 g/mol. The van der Waals surface area contributed by atoms with Crippen LogP contribution in [-0.2, 0) is 0 Å². The van der Waals surface area contributed by atoms with Gasteiger partial charge in [-0.25, -0.2) is 0 Å². The summed E-state index contributed by atoms with van der Waals surface area (Å²) in [7, 11) is 0. The third kappa shape index (κ3) is 2.17. The quantitative estimate of drug-likeness (QED) is 0.662. The fraction of sp³-hybridized carbons (Fsp3) is 0.118. The van der Waals surface area contributed by atoms with Crippen LogP contribution in [0.1, 0.15) is 11.3 Å². The van der Waals surface area contributed by atoms with Crippen LogP contribution in [-0.4, -0.2) is 5.16 Å². The molecule has 0 saturated heterocycles. The molecule has 0 aliphatic rings. The van der Waals surface area contributed by atoms with E-state index in [0.717, 1.165) is 28.1 Å². The van der Waals surface area contributed by atoms with Crippen molar-refractivity contribution in [2.75, 3.05) is 0 Å². The molecule has 0 atom stereocenters. The van der Waals surface area contributed by atoms with E-state index < -0.39 is 0 Å². The first-order valence-electron chi connectivity index (χ1n) is 6.34. The minimum Gasteiger partial charge on any atom is -0.360 e. The first kappa shape index (κ1) is 11.7. The second-order valence-corrected chi connectivity index (χ2v) is 4.69. The zero-order valence-corrected chi connectivity index (χ0v) is 11.1. The van der Waals surface area contributed by atoms with Gasteiger partial charge in [0.05, 0.1) is 5.56 Å². The minimum absolute atomic E-state index is 0.849. The first-order valence-corrected chi connectivity index (χ1v) is 6.34. The van der Waals surface area contributed by atoms with Gasteiger partial charge in [0.15, 0.2) is 0 Å². The topological polar surface area (TPSA) is 26.0 Å². The van der Waals surface area contributed by atoms with Gasteiger partial charge in [0.2, 0.25) is 0 Å². The van der Waals surface area contributed by atoms with E-state index in [2.05, 4.69) is 48.5 Å². The molecule has 3 aromatic rings. The summed E-state index contributed by atoms with van der Waals surface area (Å²) in [6, 6.07) is 18.6. The van der Waals surface area contributed by atoms with E-state index in [1.165, 1.54) is 5.56 Å². The van der Waals surface area contributed by atoms with Crippen LogP contribution in [0.5, 0.6) is 0 Å². The summed E-state index contributed by atoms with van der Waals surface area (Å²) in [5.74, 6) is 0.849. The number of hydrogen-bond acceptors (Lipinski definition) is 2. The number of nitrogens with zero attached hydrogens (tertiary/aromatic N) is 1. The van der Waals surface area contributed by atoms with E-state index in [1.807, 2.05) is 25.1 Å².